The second-order valence-electron chi connectivity index (χ2n) is 6.38. The number of aliphatic hydroxyl groups excluding tert-OH is 1. The molecule has 0 spiro atoms. The van der Waals surface area contributed by atoms with Gasteiger partial charge in [0.05, 0.1) is 12.1 Å². The average Bonchev–Trinajstić information content (AvgIpc) is 2.58. The SMILES string of the molecule is CNC(CO)(CCN(C)C1CCCCC1)c1ccccc1. The Morgan fingerprint density at radius 1 is 1.19 bits per heavy atom. The minimum atomic E-state index is -0.329. The van der Waals surface area contributed by atoms with Gasteiger partial charge in [-0.05, 0) is 38.9 Å². The second kappa shape index (κ2) is 7.92. The van der Waals surface area contributed by atoms with Crippen molar-refractivity contribution < 1.29 is 5.11 Å². The van der Waals surface area contributed by atoms with Crippen LogP contribution in [0.3, 0.4) is 0 Å². The summed E-state index contributed by atoms with van der Waals surface area (Å²) >= 11 is 0. The summed E-state index contributed by atoms with van der Waals surface area (Å²) in [5.41, 5.74) is 0.844. The number of rotatable bonds is 7. The molecule has 21 heavy (non-hydrogen) atoms. The Hall–Kier alpha value is -0.900. The lowest BCUT2D eigenvalue weighted by Crippen LogP contribution is -2.47. The molecule has 2 N–H and O–H groups in total. The standard InChI is InChI=1S/C18H30N2O/c1-19-18(15-21,16-9-5-3-6-10-16)13-14-20(2)17-11-7-4-8-12-17/h3,5-6,9-10,17,19,21H,4,7-8,11-15H2,1-2H3. The van der Waals surface area contributed by atoms with Crippen molar-refractivity contribution >= 4 is 0 Å². The van der Waals surface area contributed by atoms with Crippen LogP contribution in [0.4, 0.5) is 0 Å². The van der Waals surface area contributed by atoms with E-state index in [4.69, 9.17) is 0 Å². The van der Waals surface area contributed by atoms with Crippen molar-refractivity contribution in [3.8, 4) is 0 Å². The lowest BCUT2D eigenvalue weighted by atomic mass is 9.86. The van der Waals surface area contributed by atoms with Crippen molar-refractivity contribution in [2.45, 2.75) is 50.1 Å². The molecule has 1 aromatic rings. The normalized spacial score (nSPS) is 19.6. The second-order valence-corrected chi connectivity index (χ2v) is 6.38. The zero-order valence-corrected chi connectivity index (χ0v) is 13.5. The van der Waals surface area contributed by atoms with Gasteiger partial charge in [-0.1, -0.05) is 49.6 Å². The summed E-state index contributed by atoms with van der Waals surface area (Å²) < 4.78 is 0. The summed E-state index contributed by atoms with van der Waals surface area (Å²) in [7, 11) is 4.18. The Morgan fingerprint density at radius 3 is 2.43 bits per heavy atom. The van der Waals surface area contributed by atoms with Crippen LogP contribution in [0.5, 0.6) is 0 Å². The van der Waals surface area contributed by atoms with Crippen molar-refractivity contribution in [2.24, 2.45) is 0 Å². The van der Waals surface area contributed by atoms with E-state index < -0.39 is 0 Å². The van der Waals surface area contributed by atoms with E-state index in [2.05, 4.69) is 29.4 Å². The van der Waals surface area contributed by atoms with Gasteiger partial charge in [0.2, 0.25) is 0 Å². The van der Waals surface area contributed by atoms with E-state index in [9.17, 15) is 5.11 Å². The van der Waals surface area contributed by atoms with Gasteiger partial charge in [-0.25, -0.2) is 0 Å². The molecular weight excluding hydrogens is 260 g/mol. The topological polar surface area (TPSA) is 35.5 Å². The number of nitrogens with zero attached hydrogens (tertiary/aromatic N) is 1. The highest BCUT2D eigenvalue weighted by Gasteiger charge is 2.30. The van der Waals surface area contributed by atoms with Crippen molar-refractivity contribution in [2.75, 3.05) is 27.2 Å². The van der Waals surface area contributed by atoms with E-state index in [-0.39, 0.29) is 12.1 Å². The van der Waals surface area contributed by atoms with E-state index in [1.54, 1.807) is 0 Å². The maximum atomic E-state index is 9.97. The molecule has 1 aliphatic rings. The predicted octanol–water partition coefficient (Wildman–Crippen LogP) is 2.75. The van der Waals surface area contributed by atoms with E-state index in [0.717, 1.165) is 19.0 Å². The molecule has 1 aliphatic carbocycles. The summed E-state index contributed by atoms with van der Waals surface area (Å²) in [5, 5.41) is 13.3. The van der Waals surface area contributed by atoms with Gasteiger partial charge < -0.3 is 15.3 Å². The first-order valence-electron chi connectivity index (χ1n) is 8.27. The number of hydrogen-bond donors (Lipinski definition) is 2. The smallest absolute Gasteiger partial charge is 0.0678 e. The molecule has 1 saturated carbocycles. The van der Waals surface area contributed by atoms with Gasteiger partial charge in [-0.2, -0.15) is 0 Å². The molecule has 1 aromatic carbocycles. The van der Waals surface area contributed by atoms with Crippen LogP contribution in [0, 0.1) is 0 Å². The van der Waals surface area contributed by atoms with E-state index >= 15 is 0 Å². The third-order valence-electron chi connectivity index (χ3n) is 5.16. The van der Waals surface area contributed by atoms with Crippen molar-refractivity contribution in [1.29, 1.82) is 0 Å². The van der Waals surface area contributed by atoms with Crippen LogP contribution >= 0.6 is 0 Å². The van der Waals surface area contributed by atoms with Crippen LogP contribution < -0.4 is 5.32 Å². The van der Waals surface area contributed by atoms with Crippen molar-refractivity contribution in [1.82, 2.24) is 10.2 Å². The molecule has 1 unspecified atom stereocenters. The Balaban J connectivity index is 1.99. The monoisotopic (exact) mass is 290 g/mol. The average molecular weight is 290 g/mol. The van der Waals surface area contributed by atoms with Gasteiger partial charge in [0.15, 0.2) is 0 Å². The van der Waals surface area contributed by atoms with Crippen LogP contribution in [0.2, 0.25) is 0 Å². The van der Waals surface area contributed by atoms with Gasteiger partial charge in [0.25, 0.3) is 0 Å². The van der Waals surface area contributed by atoms with E-state index in [0.29, 0.717) is 0 Å². The number of nitrogens with one attached hydrogen (secondary N) is 1. The minimum absolute atomic E-state index is 0.131. The van der Waals surface area contributed by atoms with Gasteiger partial charge in [-0.15, -0.1) is 0 Å². The van der Waals surface area contributed by atoms with Crippen molar-refractivity contribution in [3.05, 3.63) is 35.9 Å². The first kappa shape index (κ1) is 16.5. The molecule has 0 aliphatic heterocycles. The number of likely N-dealkylation sites (N-methyl/N-ethyl adjacent to an activating group) is 1. The molecule has 3 heteroatoms. The van der Waals surface area contributed by atoms with Crippen LogP contribution in [-0.2, 0) is 5.54 Å². The van der Waals surface area contributed by atoms with Crippen LogP contribution in [0.1, 0.15) is 44.1 Å². The predicted molar refractivity (Wildman–Crippen MR) is 88.4 cm³/mol. The first-order valence-corrected chi connectivity index (χ1v) is 8.27. The third kappa shape index (κ3) is 4.06. The highest BCUT2D eigenvalue weighted by Crippen LogP contribution is 2.27. The lowest BCUT2D eigenvalue weighted by molar-refractivity contribution is 0.124. The first-order chi connectivity index (χ1) is 10.2. The Labute approximate surface area is 129 Å². The van der Waals surface area contributed by atoms with Crippen LogP contribution in [0.25, 0.3) is 0 Å². The number of aliphatic hydroxyl groups is 1. The highest BCUT2D eigenvalue weighted by molar-refractivity contribution is 5.24. The summed E-state index contributed by atoms with van der Waals surface area (Å²) in [5.74, 6) is 0. The fraction of sp³-hybridized carbons (Fsp3) is 0.667. The quantitative estimate of drug-likeness (QED) is 0.810. The number of hydrogen-bond acceptors (Lipinski definition) is 3. The largest absolute Gasteiger partial charge is 0.394 e. The molecule has 0 saturated heterocycles. The molecule has 0 heterocycles. The molecule has 0 amide bonds. The lowest BCUT2D eigenvalue weighted by Gasteiger charge is -2.37. The Bertz CT molecular complexity index is 397. The molecule has 0 radical (unpaired) electrons. The molecule has 3 nitrogen and oxygen atoms in total. The molecule has 118 valence electrons. The summed E-state index contributed by atoms with van der Waals surface area (Å²) in [6.07, 6.45) is 7.71. The fourth-order valence-corrected chi connectivity index (χ4v) is 3.49. The Morgan fingerprint density at radius 2 is 1.86 bits per heavy atom. The summed E-state index contributed by atoms with van der Waals surface area (Å²) in [6, 6.07) is 11.0. The molecular formula is C18H30N2O. The maximum absolute atomic E-state index is 9.97. The van der Waals surface area contributed by atoms with Gasteiger partial charge in [0.1, 0.15) is 0 Å². The summed E-state index contributed by atoms with van der Waals surface area (Å²) in [4.78, 5) is 2.49. The van der Waals surface area contributed by atoms with Gasteiger partial charge in [0, 0.05) is 12.6 Å². The molecule has 0 bridgehead atoms. The van der Waals surface area contributed by atoms with Gasteiger partial charge in [-0.3, -0.25) is 0 Å². The van der Waals surface area contributed by atoms with Crippen LogP contribution in [-0.4, -0.2) is 43.3 Å². The molecule has 0 aromatic heterocycles. The van der Waals surface area contributed by atoms with E-state index in [1.165, 1.54) is 37.7 Å². The zero-order chi connectivity index (χ0) is 15.1. The molecule has 2 rings (SSSR count). The van der Waals surface area contributed by atoms with E-state index in [1.807, 2.05) is 25.2 Å². The van der Waals surface area contributed by atoms with Crippen molar-refractivity contribution in [3.63, 3.8) is 0 Å². The van der Waals surface area contributed by atoms with Gasteiger partial charge >= 0.3 is 0 Å². The maximum Gasteiger partial charge on any atom is 0.0678 e. The molecule has 1 fully saturated rings. The highest BCUT2D eigenvalue weighted by atomic mass is 16.3. The zero-order valence-electron chi connectivity index (χ0n) is 13.5. The van der Waals surface area contributed by atoms with Crippen LogP contribution in [0.15, 0.2) is 30.3 Å². The minimum Gasteiger partial charge on any atom is -0.394 e. The Kier molecular flexibility index (Phi) is 6.22. The third-order valence-corrected chi connectivity index (χ3v) is 5.16. The fourth-order valence-electron chi connectivity index (χ4n) is 3.49. The number of benzene rings is 1. The molecule has 1 atom stereocenters. The summed E-state index contributed by atoms with van der Waals surface area (Å²) in [6.45, 7) is 1.15.